The van der Waals surface area contributed by atoms with Crippen molar-refractivity contribution in [3.05, 3.63) is 47.7 Å². The fourth-order valence-corrected chi connectivity index (χ4v) is 0.891. The van der Waals surface area contributed by atoms with Gasteiger partial charge in [-0.25, -0.2) is 0 Å². The molecule has 0 saturated carbocycles. The van der Waals surface area contributed by atoms with Gasteiger partial charge in [0.1, 0.15) is 0 Å². The molecule has 1 aromatic rings. The van der Waals surface area contributed by atoms with E-state index in [-0.39, 0.29) is 0 Å². The van der Waals surface area contributed by atoms with E-state index in [2.05, 4.69) is 5.73 Å². The third kappa shape index (κ3) is 4.32. The van der Waals surface area contributed by atoms with Gasteiger partial charge in [-0.1, -0.05) is 30.3 Å². The lowest BCUT2D eigenvalue weighted by Crippen LogP contribution is -2.12. The molecule has 0 atom stereocenters. The molecule has 68 valence electrons. The standard InChI is InChI=1S/C12H14O/c1-12(2,13)10-6-9-11-7-4-3-5-8-11/h3-5,7-10,13H,1-2H3. The fourth-order valence-electron chi connectivity index (χ4n) is 0.891. The molecule has 0 aliphatic rings. The topological polar surface area (TPSA) is 20.2 Å². The molecule has 0 heterocycles. The minimum Gasteiger partial charge on any atom is -0.386 e. The Morgan fingerprint density at radius 2 is 1.85 bits per heavy atom. The average Bonchev–Trinajstić information content (AvgIpc) is 2.04. The molecule has 0 bridgehead atoms. The Balaban J connectivity index is 2.75. The number of benzene rings is 1. The van der Waals surface area contributed by atoms with Crippen LogP contribution in [0.5, 0.6) is 0 Å². The van der Waals surface area contributed by atoms with Crippen molar-refractivity contribution in [1.29, 1.82) is 0 Å². The molecule has 0 radical (unpaired) electrons. The first-order valence-electron chi connectivity index (χ1n) is 4.29. The van der Waals surface area contributed by atoms with Gasteiger partial charge in [0.25, 0.3) is 0 Å². The van der Waals surface area contributed by atoms with Crippen LogP contribution in [0.4, 0.5) is 0 Å². The monoisotopic (exact) mass is 174 g/mol. The Bertz CT molecular complexity index is 311. The van der Waals surface area contributed by atoms with E-state index in [1.165, 1.54) is 0 Å². The maximum Gasteiger partial charge on any atom is 0.0844 e. The van der Waals surface area contributed by atoms with Gasteiger partial charge in [-0.2, -0.15) is 0 Å². The molecule has 0 spiro atoms. The molecular weight excluding hydrogens is 160 g/mol. The van der Waals surface area contributed by atoms with Gasteiger partial charge in [-0.05, 0) is 31.6 Å². The summed E-state index contributed by atoms with van der Waals surface area (Å²) < 4.78 is 0. The van der Waals surface area contributed by atoms with Crippen LogP contribution in [0.2, 0.25) is 0 Å². The summed E-state index contributed by atoms with van der Waals surface area (Å²) in [6, 6.07) is 9.89. The third-order valence-electron chi connectivity index (χ3n) is 1.49. The minimum absolute atomic E-state index is 0.786. The van der Waals surface area contributed by atoms with E-state index in [9.17, 15) is 5.11 Å². The highest BCUT2D eigenvalue weighted by molar-refractivity contribution is 5.48. The van der Waals surface area contributed by atoms with E-state index in [0.29, 0.717) is 0 Å². The van der Waals surface area contributed by atoms with Crippen molar-refractivity contribution >= 4 is 6.08 Å². The summed E-state index contributed by atoms with van der Waals surface area (Å²) in [5.74, 6) is 0. The summed E-state index contributed by atoms with van der Waals surface area (Å²) in [5, 5.41) is 9.36. The predicted octanol–water partition coefficient (Wildman–Crippen LogP) is 2.63. The highest BCUT2D eigenvalue weighted by Gasteiger charge is 2.04. The van der Waals surface area contributed by atoms with Gasteiger partial charge in [0, 0.05) is 0 Å². The van der Waals surface area contributed by atoms with Crippen molar-refractivity contribution in [2.45, 2.75) is 19.4 Å². The van der Waals surface area contributed by atoms with Crippen LogP contribution in [0.25, 0.3) is 6.08 Å². The average molecular weight is 174 g/mol. The molecule has 13 heavy (non-hydrogen) atoms. The van der Waals surface area contributed by atoms with Crippen LogP contribution < -0.4 is 0 Å². The zero-order valence-corrected chi connectivity index (χ0v) is 7.99. The SMILES string of the molecule is CC(C)(O)C=C=Cc1ccccc1. The van der Waals surface area contributed by atoms with Gasteiger partial charge >= 0.3 is 0 Å². The second-order valence-electron chi connectivity index (χ2n) is 3.52. The molecule has 0 saturated heterocycles. The lowest BCUT2D eigenvalue weighted by Gasteiger charge is -2.07. The van der Waals surface area contributed by atoms with Crippen LogP contribution in [0, 0.1) is 0 Å². The number of rotatable bonds is 2. The predicted molar refractivity (Wildman–Crippen MR) is 55.3 cm³/mol. The van der Waals surface area contributed by atoms with Gasteiger partial charge < -0.3 is 5.11 Å². The fraction of sp³-hybridized carbons (Fsp3) is 0.250. The Morgan fingerprint density at radius 1 is 1.23 bits per heavy atom. The van der Waals surface area contributed by atoms with Crippen LogP contribution in [0.1, 0.15) is 19.4 Å². The van der Waals surface area contributed by atoms with Crippen molar-refractivity contribution in [2.24, 2.45) is 0 Å². The maximum absolute atomic E-state index is 9.36. The van der Waals surface area contributed by atoms with E-state index in [4.69, 9.17) is 0 Å². The van der Waals surface area contributed by atoms with Gasteiger partial charge in [0.2, 0.25) is 0 Å². The van der Waals surface area contributed by atoms with Crippen molar-refractivity contribution in [3.63, 3.8) is 0 Å². The lowest BCUT2D eigenvalue weighted by atomic mass is 10.1. The molecule has 0 aliphatic carbocycles. The van der Waals surface area contributed by atoms with E-state index in [1.54, 1.807) is 19.9 Å². The van der Waals surface area contributed by atoms with Crippen molar-refractivity contribution < 1.29 is 5.11 Å². The Hall–Kier alpha value is -1.30. The normalized spacial score (nSPS) is 10.4. The van der Waals surface area contributed by atoms with Crippen LogP contribution >= 0.6 is 0 Å². The van der Waals surface area contributed by atoms with E-state index >= 15 is 0 Å². The molecule has 0 amide bonds. The lowest BCUT2D eigenvalue weighted by molar-refractivity contribution is 0.133. The minimum atomic E-state index is -0.786. The van der Waals surface area contributed by atoms with Crippen molar-refractivity contribution in [2.75, 3.05) is 0 Å². The molecule has 1 rings (SSSR count). The number of aliphatic hydroxyl groups is 1. The van der Waals surface area contributed by atoms with Crippen molar-refractivity contribution in [1.82, 2.24) is 0 Å². The molecule has 0 unspecified atom stereocenters. The van der Waals surface area contributed by atoms with E-state index < -0.39 is 5.60 Å². The van der Waals surface area contributed by atoms with Gasteiger partial charge in [-0.3, -0.25) is 0 Å². The summed E-state index contributed by atoms with van der Waals surface area (Å²) >= 11 is 0. The van der Waals surface area contributed by atoms with E-state index in [1.807, 2.05) is 36.4 Å². The van der Waals surface area contributed by atoms with Crippen LogP contribution in [0.15, 0.2) is 42.1 Å². The van der Waals surface area contributed by atoms with Gasteiger partial charge in [-0.15, -0.1) is 5.73 Å². The Kier molecular flexibility index (Phi) is 3.07. The van der Waals surface area contributed by atoms with Crippen LogP contribution in [-0.2, 0) is 0 Å². The highest BCUT2D eigenvalue weighted by atomic mass is 16.3. The Labute approximate surface area is 79.0 Å². The number of hydrogen-bond acceptors (Lipinski definition) is 1. The summed E-state index contributed by atoms with van der Waals surface area (Å²) in [7, 11) is 0. The van der Waals surface area contributed by atoms with Crippen LogP contribution in [-0.4, -0.2) is 10.7 Å². The molecule has 0 fully saturated rings. The summed E-state index contributed by atoms with van der Waals surface area (Å²) in [6.07, 6.45) is 3.48. The van der Waals surface area contributed by atoms with Crippen molar-refractivity contribution in [3.8, 4) is 0 Å². The summed E-state index contributed by atoms with van der Waals surface area (Å²) in [4.78, 5) is 0. The number of hydrogen-bond donors (Lipinski definition) is 1. The molecule has 1 N–H and O–H groups in total. The van der Waals surface area contributed by atoms with Crippen LogP contribution in [0.3, 0.4) is 0 Å². The van der Waals surface area contributed by atoms with Gasteiger partial charge in [0.05, 0.1) is 5.60 Å². The molecule has 0 aliphatic heterocycles. The molecular formula is C12H14O. The molecule has 1 aromatic carbocycles. The quantitative estimate of drug-likeness (QED) is 0.683. The first kappa shape index (κ1) is 9.79. The second kappa shape index (κ2) is 4.08. The largest absolute Gasteiger partial charge is 0.386 e. The van der Waals surface area contributed by atoms with E-state index in [0.717, 1.165) is 5.56 Å². The maximum atomic E-state index is 9.36. The third-order valence-corrected chi connectivity index (χ3v) is 1.49. The smallest absolute Gasteiger partial charge is 0.0844 e. The first-order chi connectivity index (χ1) is 6.08. The molecule has 0 aromatic heterocycles. The zero-order chi connectivity index (χ0) is 9.73. The second-order valence-corrected chi connectivity index (χ2v) is 3.52. The Morgan fingerprint density at radius 3 is 2.38 bits per heavy atom. The molecule has 1 heteroatoms. The summed E-state index contributed by atoms with van der Waals surface area (Å²) in [5.41, 5.74) is 3.24. The first-order valence-corrected chi connectivity index (χ1v) is 4.29. The summed E-state index contributed by atoms with van der Waals surface area (Å²) in [6.45, 7) is 3.44. The van der Waals surface area contributed by atoms with Gasteiger partial charge in [0.15, 0.2) is 0 Å². The highest BCUT2D eigenvalue weighted by Crippen LogP contribution is 2.03. The zero-order valence-electron chi connectivity index (χ0n) is 7.99. The molecule has 1 nitrogen and oxygen atoms in total.